The van der Waals surface area contributed by atoms with Crippen LogP contribution in [0.3, 0.4) is 0 Å². The molecule has 2 atom stereocenters. The van der Waals surface area contributed by atoms with Crippen molar-refractivity contribution in [3.05, 3.63) is 34.9 Å². The number of hydrogen-bond acceptors (Lipinski definition) is 3. The summed E-state index contributed by atoms with van der Waals surface area (Å²) >= 11 is 5.79. The molecule has 0 heterocycles. The summed E-state index contributed by atoms with van der Waals surface area (Å²) in [5.41, 5.74) is 6.40. The Morgan fingerprint density at radius 3 is 2.53 bits per heavy atom. The second-order valence-corrected chi connectivity index (χ2v) is 4.18. The maximum absolute atomic E-state index is 11.7. The fraction of sp³-hybridized carbons (Fsp3) is 0.417. The molecule has 5 heteroatoms. The molecule has 4 nitrogen and oxygen atoms in total. The van der Waals surface area contributed by atoms with E-state index in [-0.39, 0.29) is 18.5 Å². The second-order valence-electron chi connectivity index (χ2n) is 3.74. The van der Waals surface area contributed by atoms with E-state index in [1.807, 2.05) is 19.1 Å². The van der Waals surface area contributed by atoms with Crippen molar-refractivity contribution in [1.82, 2.24) is 5.32 Å². The van der Waals surface area contributed by atoms with Crippen molar-refractivity contribution in [3.63, 3.8) is 0 Å². The highest BCUT2D eigenvalue weighted by Gasteiger charge is 2.18. The van der Waals surface area contributed by atoms with E-state index in [9.17, 15) is 4.79 Å². The van der Waals surface area contributed by atoms with Crippen molar-refractivity contribution in [3.8, 4) is 0 Å². The van der Waals surface area contributed by atoms with Gasteiger partial charge in [0.2, 0.25) is 0 Å². The van der Waals surface area contributed by atoms with Crippen LogP contribution in [0.5, 0.6) is 0 Å². The number of amides is 1. The lowest BCUT2D eigenvalue weighted by molar-refractivity contribution is -0.131. The minimum atomic E-state index is -0.607. The van der Waals surface area contributed by atoms with Crippen LogP contribution in [0.1, 0.15) is 18.5 Å². The summed E-state index contributed by atoms with van der Waals surface area (Å²) in [6.45, 7) is 2.06. The Hall–Kier alpha value is -1.10. The lowest BCUT2D eigenvalue weighted by Gasteiger charge is -2.18. The first-order chi connectivity index (χ1) is 8.08. The Labute approximate surface area is 106 Å². The van der Waals surface area contributed by atoms with Gasteiger partial charge in [-0.3, -0.25) is 4.79 Å². The number of rotatable bonds is 5. The van der Waals surface area contributed by atoms with Gasteiger partial charge in [0.15, 0.2) is 0 Å². The summed E-state index contributed by atoms with van der Waals surface area (Å²) in [7, 11) is 1.46. The average molecular weight is 257 g/mol. The fourth-order valence-electron chi connectivity index (χ4n) is 1.45. The normalized spacial score (nSPS) is 14.1. The number of hydrogen-bond donors (Lipinski definition) is 2. The van der Waals surface area contributed by atoms with Gasteiger partial charge in [-0.1, -0.05) is 23.7 Å². The zero-order valence-corrected chi connectivity index (χ0v) is 10.7. The molecule has 0 aliphatic carbocycles. The lowest BCUT2D eigenvalue weighted by atomic mass is 10.1. The fourth-order valence-corrected chi connectivity index (χ4v) is 1.58. The zero-order valence-electron chi connectivity index (χ0n) is 9.94. The zero-order chi connectivity index (χ0) is 12.8. The first-order valence-corrected chi connectivity index (χ1v) is 5.75. The van der Waals surface area contributed by atoms with E-state index in [1.54, 1.807) is 12.1 Å². The van der Waals surface area contributed by atoms with Crippen molar-refractivity contribution in [2.75, 3.05) is 13.7 Å². The van der Waals surface area contributed by atoms with Crippen molar-refractivity contribution in [1.29, 1.82) is 0 Å². The van der Waals surface area contributed by atoms with Gasteiger partial charge in [0.1, 0.15) is 6.10 Å². The van der Waals surface area contributed by atoms with Crippen LogP contribution in [0.2, 0.25) is 5.02 Å². The number of methoxy groups -OCH3 is 1. The highest BCUT2D eigenvalue weighted by molar-refractivity contribution is 6.30. The number of ether oxygens (including phenoxy) is 1. The van der Waals surface area contributed by atoms with Gasteiger partial charge in [-0.2, -0.15) is 0 Å². The minimum Gasteiger partial charge on any atom is -0.370 e. The second kappa shape index (κ2) is 6.59. The van der Waals surface area contributed by atoms with Crippen molar-refractivity contribution in [2.45, 2.75) is 19.1 Å². The summed E-state index contributed by atoms with van der Waals surface area (Å²) in [5.74, 6) is -0.211. The van der Waals surface area contributed by atoms with Crippen molar-refractivity contribution >= 4 is 17.5 Å². The Kier molecular flexibility index (Phi) is 5.41. The van der Waals surface area contributed by atoms with Crippen LogP contribution in [-0.4, -0.2) is 25.7 Å². The summed E-state index contributed by atoms with van der Waals surface area (Å²) in [5, 5.41) is 3.50. The quantitative estimate of drug-likeness (QED) is 0.839. The largest absolute Gasteiger partial charge is 0.370 e. The van der Waals surface area contributed by atoms with Crippen LogP contribution >= 0.6 is 11.6 Å². The van der Waals surface area contributed by atoms with Gasteiger partial charge >= 0.3 is 0 Å². The van der Waals surface area contributed by atoms with Gasteiger partial charge in [0.05, 0.1) is 6.04 Å². The third kappa shape index (κ3) is 4.00. The monoisotopic (exact) mass is 256 g/mol. The summed E-state index contributed by atoms with van der Waals surface area (Å²) in [6, 6.07) is 7.21. The third-order valence-electron chi connectivity index (χ3n) is 2.52. The topological polar surface area (TPSA) is 64.3 Å². The molecule has 0 aromatic heterocycles. The summed E-state index contributed by atoms with van der Waals surface area (Å²) < 4.78 is 4.96. The molecule has 0 aliphatic rings. The van der Waals surface area contributed by atoms with Gasteiger partial charge in [-0.05, 0) is 24.6 Å². The van der Waals surface area contributed by atoms with E-state index >= 15 is 0 Å². The van der Waals surface area contributed by atoms with Crippen LogP contribution in [0, 0.1) is 0 Å². The molecule has 0 saturated carbocycles. The van der Waals surface area contributed by atoms with Gasteiger partial charge in [-0.25, -0.2) is 0 Å². The molecular weight excluding hydrogens is 240 g/mol. The summed E-state index contributed by atoms with van der Waals surface area (Å²) in [6.07, 6.45) is -0.607. The lowest BCUT2D eigenvalue weighted by Crippen LogP contribution is -2.41. The molecule has 94 valence electrons. The van der Waals surface area contributed by atoms with E-state index in [4.69, 9.17) is 22.1 Å². The molecule has 0 bridgehead atoms. The van der Waals surface area contributed by atoms with Gasteiger partial charge in [0.25, 0.3) is 5.91 Å². The van der Waals surface area contributed by atoms with Gasteiger partial charge < -0.3 is 15.8 Å². The number of halogens is 1. The molecule has 1 amide bonds. The van der Waals surface area contributed by atoms with Crippen LogP contribution < -0.4 is 11.1 Å². The predicted octanol–water partition coefficient (Wildman–Crippen LogP) is 1.49. The number of carbonyl (C=O) groups excluding carboxylic acids is 1. The van der Waals surface area contributed by atoms with Gasteiger partial charge in [0, 0.05) is 18.7 Å². The van der Waals surface area contributed by atoms with Crippen molar-refractivity contribution in [2.24, 2.45) is 5.73 Å². The first kappa shape index (κ1) is 14.0. The number of nitrogens with one attached hydrogen (secondary N) is 1. The Balaban J connectivity index is 2.62. The molecule has 0 saturated heterocycles. The first-order valence-electron chi connectivity index (χ1n) is 5.37. The SMILES string of the molecule is COC(CN)C(=O)NC(C)c1ccc(Cl)cc1. The Morgan fingerprint density at radius 1 is 1.47 bits per heavy atom. The van der Waals surface area contributed by atoms with E-state index in [0.717, 1.165) is 5.56 Å². The highest BCUT2D eigenvalue weighted by Crippen LogP contribution is 2.16. The number of benzene rings is 1. The Bertz CT molecular complexity index is 363. The van der Waals surface area contributed by atoms with Gasteiger partial charge in [-0.15, -0.1) is 0 Å². The predicted molar refractivity (Wildman–Crippen MR) is 67.9 cm³/mol. The molecule has 0 aliphatic heterocycles. The highest BCUT2D eigenvalue weighted by atomic mass is 35.5. The average Bonchev–Trinajstić information content (AvgIpc) is 2.31. The molecule has 1 aromatic carbocycles. The Morgan fingerprint density at radius 2 is 2.06 bits per heavy atom. The molecular formula is C12H17ClN2O2. The minimum absolute atomic E-state index is 0.107. The molecule has 0 fully saturated rings. The maximum Gasteiger partial charge on any atom is 0.250 e. The van der Waals surface area contributed by atoms with Crippen LogP contribution in [0.15, 0.2) is 24.3 Å². The van der Waals surface area contributed by atoms with E-state index < -0.39 is 6.10 Å². The van der Waals surface area contributed by atoms with E-state index in [2.05, 4.69) is 5.32 Å². The number of nitrogens with two attached hydrogens (primary N) is 1. The molecule has 1 rings (SSSR count). The third-order valence-corrected chi connectivity index (χ3v) is 2.77. The van der Waals surface area contributed by atoms with E-state index in [0.29, 0.717) is 5.02 Å². The molecule has 2 unspecified atom stereocenters. The van der Waals surface area contributed by atoms with Crippen LogP contribution in [0.4, 0.5) is 0 Å². The smallest absolute Gasteiger partial charge is 0.250 e. The molecule has 3 N–H and O–H groups in total. The maximum atomic E-state index is 11.7. The molecule has 0 radical (unpaired) electrons. The molecule has 17 heavy (non-hydrogen) atoms. The van der Waals surface area contributed by atoms with Crippen LogP contribution in [0.25, 0.3) is 0 Å². The van der Waals surface area contributed by atoms with E-state index in [1.165, 1.54) is 7.11 Å². The standard InChI is InChI=1S/C12H17ClN2O2/c1-8(9-3-5-10(13)6-4-9)15-12(16)11(7-14)17-2/h3-6,8,11H,7,14H2,1-2H3,(H,15,16). The van der Waals surface area contributed by atoms with Crippen LogP contribution in [-0.2, 0) is 9.53 Å². The summed E-state index contributed by atoms with van der Waals surface area (Å²) in [4.78, 5) is 11.7. The number of carbonyl (C=O) groups is 1. The van der Waals surface area contributed by atoms with Crippen molar-refractivity contribution < 1.29 is 9.53 Å². The molecule has 0 spiro atoms. The molecule has 1 aromatic rings.